The van der Waals surface area contributed by atoms with Gasteiger partial charge < -0.3 is 15.3 Å². The first-order valence-electron chi connectivity index (χ1n) is 11.9. The maximum atomic E-state index is 12.9. The monoisotopic (exact) mass is 526 g/mol. The molecule has 2 aromatic heterocycles. The Morgan fingerprint density at radius 2 is 1.82 bits per heavy atom. The van der Waals surface area contributed by atoms with Crippen molar-refractivity contribution >= 4 is 17.6 Å². The number of pyridine rings is 2. The lowest BCUT2D eigenvalue weighted by molar-refractivity contribution is -0.137. The fourth-order valence-corrected chi connectivity index (χ4v) is 4.33. The molecule has 0 unspecified atom stereocenters. The number of ketones is 1. The Kier molecular flexibility index (Phi) is 7.86. The Balaban J connectivity index is 1.40. The number of carbonyl (C=O) groups is 3. The van der Waals surface area contributed by atoms with E-state index in [-0.39, 0.29) is 62.2 Å². The quantitative estimate of drug-likeness (QED) is 0.413. The Bertz CT molecular complexity index is 1370. The number of hydrogen-bond donors (Lipinski definition) is 2. The van der Waals surface area contributed by atoms with Gasteiger partial charge >= 0.3 is 6.18 Å². The van der Waals surface area contributed by atoms with E-state index in [1.807, 2.05) is 0 Å². The van der Waals surface area contributed by atoms with Crippen molar-refractivity contribution in [1.82, 2.24) is 20.2 Å². The Morgan fingerprint density at radius 3 is 2.47 bits per heavy atom. The van der Waals surface area contributed by atoms with Gasteiger partial charge in [0.05, 0.1) is 12.2 Å². The first-order chi connectivity index (χ1) is 18.1. The van der Waals surface area contributed by atoms with Crippen LogP contribution in [0.4, 0.5) is 13.2 Å². The van der Waals surface area contributed by atoms with Crippen LogP contribution in [0.1, 0.15) is 65.6 Å². The number of aliphatic hydroxyl groups is 1. The molecule has 1 aliphatic heterocycles. The highest BCUT2D eigenvalue weighted by molar-refractivity contribution is 6.03. The first-order valence-corrected chi connectivity index (χ1v) is 11.9. The molecule has 0 atom stereocenters. The number of carbonyl (C=O) groups excluding carboxylic acids is 3. The molecule has 198 valence electrons. The van der Waals surface area contributed by atoms with E-state index < -0.39 is 17.6 Å². The molecule has 38 heavy (non-hydrogen) atoms. The van der Waals surface area contributed by atoms with Crippen molar-refractivity contribution in [2.45, 2.75) is 39.0 Å². The minimum absolute atomic E-state index is 0.0716. The van der Waals surface area contributed by atoms with Crippen LogP contribution in [0.3, 0.4) is 0 Å². The zero-order valence-electron chi connectivity index (χ0n) is 20.5. The highest BCUT2D eigenvalue weighted by atomic mass is 19.4. The standard InChI is InChI=1S/C27H25F3N4O4/c1-16-12-18(13-33-23(16)22(36)7-4-17-2-5-19(6-3-17)27(28,29)30)14-34-15-21-20(26(34)38)8-9-31-24(21)25(37)32-10-11-35/h2-3,5-6,8-9,12-13,35H,4,7,10-11,14-15H2,1H3,(H,32,37). The number of halogens is 3. The van der Waals surface area contributed by atoms with Crippen LogP contribution in [-0.4, -0.2) is 50.7 Å². The lowest BCUT2D eigenvalue weighted by atomic mass is 10.0. The zero-order chi connectivity index (χ0) is 27.4. The molecule has 11 heteroatoms. The summed E-state index contributed by atoms with van der Waals surface area (Å²) in [7, 11) is 0. The minimum Gasteiger partial charge on any atom is -0.395 e. The molecular formula is C27H25F3N4O4. The van der Waals surface area contributed by atoms with Crippen LogP contribution >= 0.6 is 0 Å². The van der Waals surface area contributed by atoms with Crippen molar-refractivity contribution in [1.29, 1.82) is 0 Å². The number of rotatable bonds is 9. The average molecular weight is 527 g/mol. The van der Waals surface area contributed by atoms with Crippen molar-refractivity contribution in [3.8, 4) is 0 Å². The number of fused-ring (bicyclic) bond motifs is 1. The van der Waals surface area contributed by atoms with Crippen molar-refractivity contribution in [2.24, 2.45) is 0 Å². The van der Waals surface area contributed by atoms with E-state index in [2.05, 4.69) is 15.3 Å². The van der Waals surface area contributed by atoms with Gasteiger partial charge in [0.15, 0.2) is 5.78 Å². The average Bonchev–Trinajstić information content (AvgIpc) is 3.20. The van der Waals surface area contributed by atoms with Gasteiger partial charge in [-0.1, -0.05) is 18.2 Å². The summed E-state index contributed by atoms with van der Waals surface area (Å²) in [5.41, 5.74) is 2.49. The van der Waals surface area contributed by atoms with Gasteiger partial charge in [-0.15, -0.1) is 0 Å². The summed E-state index contributed by atoms with van der Waals surface area (Å²) < 4.78 is 38.2. The van der Waals surface area contributed by atoms with E-state index in [1.54, 1.807) is 24.0 Å². The number of benzene rings is 1. The third-order valence-electron chi connectivity index (χ3n) is 6.23. The first kappa shape index (κ1) is 26.9. The lowest BCUT2D eigenvalue weighted by Gasteiger charge is -2.16. The molecule has 0 fully saturated rings. The number of nitrogens with one attached hydrogen (secondary N) is 1. The van der Waals surface area contributed by atoms with Gasteiger partial charge in [0.25, 0.3) is 11.8 Å². The number of aromatic nitrogens is 2. The third-order valence-corrected chi connectivity index (χ3v) is 6.23. The van der Waals surface area contributed by atoms with Gasteiger partial charge in [-0.3, -0.25) is 24.4 Å². The van der Waals surface area contributed by atoms with Crippen LogP contribution < -0.4 is 5.32 Å². The summed E-state index contributed by atoms with van der Waals surface area (Å²) in [5, 5.41) is 11.5. The van der Waals surface area contributed by atoms with E-state index in [9.17, 15) is 27.6 Å². The fraction of sp³-hybridized carbons (Fsp3) is 0.296. The molecule has 0 spiro atoms. The second-order valence-corrected chi connectivity index (χ2v) is 8.95. The molecule has 0 bridgehead atoms. The van der Waals surface area contributed by atoms with E-state index in [1.165, 1.54) is 24.5 Å². The molecule has 2 amide bonds. The molecule has 2 N–H and O–H groups in total. The fourth-order valence-electron chi connectivity index (χ4n) is 4.33. The molecule has 8 nitrogen and oxygen atoms in total. The molecule has 1 aliphatic rings. The van der Waals surface area contributed by atoms with Crippen LogP contribution in [0.15, 0.2) is 48.8 Å². The van der Waals surface area contributed by atoms with Crippen LogP contribution in [-0.2, 0) is 25.7 Å². The van der Waals surface area contributed by atoms with E-state index in [4.69, 9.17) is 5.11 Å². The summed E-state index contributed by atoms with van der Waals surface area (Å²) in [6.07, 6.45) is -1.13. The normalized spacial score (nSPS) is 13.0. The summed E-state index contributed by atoms with van der Waals surface area (Å²) >= 11 is 0. The van der Waals surface area contributed by atoms with E-state index in [0.717, 1.165) is 12.1 Å². The molecule has 0 radical (unpaired) electrons. The maximum absolute atomic E-state index is 12.9. The number of aryl methyl sites for hydroxylation is 2. The van der Waals surface area contributed by atoms with Crippen molar-refractivity contribution in [3.05, 3.63) is 93.6 Å². The summed E-state index contributed by atoms with van der Waals surface area (Å²) in [6.45, 7) is 1.97. The molecular weight excluding hydrogens is 501 g/mol. The van der Waals surface area contributed by atoms with E-state index >= 15 is 0 Å². The highest BCUT2D eigenvalue weighted by Crippen LogP contribution is 2.29. The van der Waals surface area contributed by atoms with Crippen molar-refractivity contribution < 1.29 is 32.7 Å². The second kappa shape index (κ2) is 11.1. The highest BCUT2D eigenvalue weighted by Gasteiger charge is 2.32. The van der Waals surface area contributed by atoms with Crippen LogP contribution in [0, 0.1) is 6.92 Å². The second-order valence-electron chi connectivity index (χ2n) is 8.95. The number of Topliss-reactive ketones (excluding diaryl/α,β-unsaturated/α-hetero) is 1. The number of alkyl halides is 3. The molecule has 0 saturated heterocycles. The summed E-state index contributed by atoms with van der Waals surface area (Å²) in [4.78, 5) is 48.0. The summed E-state index contributed by atoms with van der Waals surface area (Å²) in [5.74, 6) is -0.960. The predicted octanol–water partition coefficient (Wildman–Crippen LogP) is 3.50. The lowest BCUT2D eigenvalue weighted by Crippen LogP contribution is -2.28. The molecule has 0 saturated carbocycles. The zero-order valence-corrected chi connectivity index (χ0v) is 20.5. The van der Waals surface area contributed by atoms with Gasteiger partial charge in [-0.05, 0) is 48.2 Å². The predicted molar refractivity (Wildman–Crippen MR) is 130 cm³/mol. The molecule has 0 aliphatic carbocycles. The Morgan fingerprint density at radius 1 is 1.08 bits per heavy atom. The van der Waals surface area contributed by atoms with Gasteiger partial charge in [0.2, 0.25) is 0 Å². The van der Waals surface area contributed by atoms with Crippen LogP contribution in [0.25, 0.3) is 0 Å². The van der Waals surface area contributed by atoms with Gasteiger partial charge in [-0.25, -0.2) is 0 Å². The largest absolute Gasteiger partial charge is 0.416 e. The number of hydrogen-bond acceptors (Lipinski definition) is 6. The topological polar surface area (TPSA) is 112 Å². The Labute approximate surface area is 216 Å². The van der Waals surface area contributed by atoms with E-state index in [0.29, 0.717) is 27.8 Å². The molecule has 4 rings (SSSR count). The van der Waals surface area contributed by atoms with Crippen molar-refractivity contribution in [3.63, 3.8) is 0 Å². The third kappa shape index (κ3) is 5.88. The number of aliphatic hydroxyl groups excluding tert-OH is 1. The SMILES string of the molecule is Cc1cc(CN2Cc3c(ccnc3C(=O)NCCO)C2=O)cnc1C(=O)CCc1ccc(C(F)(F)F)cc1. The minimum atomic E-state index is -4.41. The molecule has 3 aromatic rings. The smallest absolute Gasteiger partial charge is 0.395 e. The number of nitrogens with zero attached hydrogens (tertiary/aromatic N) is 3. The van der Waals surface area contributed by atoms with Crippen LogP contribution in [0.5, 0.6) is 0 Å². The number of amides is 2. The van der Waals surface area contributed by atoms with Gasteiger partial charge in [-0.2, -0.15) is 13.2 Å². The van der Waals surface area contributed by atoms with Crippen molar-refractivity contribution in [2.75, 3.05) is 13.2 Å². The van der Waals surface area contributed by atoms with Gasteiger partial charge in [0.1, 0.15) is 11.4 Å². The Hall–Kier alpha value is -4.12. The molecule has 3 heterocycles. The maximum Gasteiger partial charge on any atom is 0.416 e. The van der Waals surface area contributed by atoms with Gasteiger partial charge in [0, 0.05) is 49.6 Å². The summed E-state index contributed by atoms with van der Waals surface area (Å²) in [6, 6.07) is 8.04. The molecule has 1 aromatic carbocycles. The van der Waals surface area contributed by atoms with Crippen LogP contribution in [0.2, 0.25) is 0 Å².